The lowest BCUT2D eigenvalue weighted by atomic mass is 9.83. The van der Waals surface area contributed by atoms with Gasteiger partial charge in [-0.3, -0.25) is 0 Å². The molecule has 0 atom stereocenters. The Morgan fingerprint density at radius 3 is 0.621 bits per heavy atom. The van der Waals surface area contributed by atoms with Gasteiger partial charge in [0.15, 0.2) is 0 Å². The van der Waals surface area contributed by atoms with Gasteiger partial charge in [0.25, 0.3) is 0 Å². The molecule has 0 aromatic carbocycles. The van der Waals surface area contributed by atoms with Crippen molar-refractivity contribution in [2.75, 3.05) is 85.6 Å². The summed E-state index contributed by atoms with van der Waals surface area (Å²) in [5.74, 6) is 0. The summed E-state index contributed by atoms with van der Waals surface area (Å²) in [7, 11) is 1.56. The minimum Gasteiger partial charge on any atom is -0.341 e. The van der Waals surface area contributed by atoms with Crippen LogP contribution in [-0.2, 0) is 0 Å². The largest absolute Gasteiger partial charge is 0.341 e. The summed E-state index contributed by atoms with van der Waals surface area (Å²) >= 11 is 0. The molecule has 21 nitrogen and oxygen atoms in total. The van der Waals surface area contributed by atoms with Crippen molar-refractivity contribution in [3.63, 3.8) is 0 Å². The Labute approximate surface area is 398 Å². The van der Waals surface area contributed by atoms with Crippen LogP contribution in [0, 0.1) is 0 Å². The Morgan fingerprint density at radius 2 is 0.455 bits per heavy atom. The van der Waals surface area contributed by atoms with Gasteiger partial charge in [0, 0.05) is 48.8 Å². The highest BCUT2D eigenvalue weighted by molar-refractivity contribution is 5.76. The fraction of sp³-hybridized carbons (Fsp3) is 0.911. The fourth-order valence-electron chi connectivity index (χ4n) is 9.26. The molecule has 0 spiro atoms. The Bertz CT molecular complexity index is 1050. The molecule has 0 aliphatic rings. The zero-order chi connectivity index (χ0) is 49.4. The number of hydrogen-bond donors (Lipinski definition) is 17. The predicted octanol–water partition coefficient (Wildman–Crippen LogP) is 0.759. The lowest BCUT2D eigenvalue weighted by Gasteiger charge is -2.37. The lowest BCUT2D eigenvalue weighted by molar-refractivity contribution is 0.198. The van der Waals surface area contributed by atoms with Gasteiger partial charge in [0.1, 0.15) is 0 Å². The van der Waals surface area contributed by atoms with Gasteiger partial charge in [-0.15, -0.1) is 0 Å². The molecule has 0 saturated carbocycles. The molecule has 21 heteroatoms. The van der Waals surface area contributed by atoms with E-state index in [-0.39, 0.29) is 24.1 Å². The van der Waals surface area contributed by atoms with Crippen molar-refractivity contribution in [2.45, 2.75) is 176 Å². The quantitative estimate of drug-likeness (QED) is 0.0376. The first-order valence-electron chi connectivity index (χ1n) is 25.3. The van der Waals surface area contributed by atoms with Crippen molar-refractivity contribution < 1.29 is 19.2 Å². The highest BCUT2D eigenvalue weighted by atomic mass is 16.2. The van der Waals surface area contributed by atoms with E-state index >= 15 is 0 Å². The molecule has 26 N–H and O–H groups in total. The fourth-order valence-corrected chi connectivity index (χ4v) is 9.26. The molecule has 0 rings (SSSR count). The predicted molar refractivity (Wildman–Crippen MR) is 270 cm³/mol. The Hall–Kier alpha value is -3.28. The van der Waals surface area contributed by atoms with E-state index in [1.54, 1.807) is 7.05 Å². The smallest absolute Gasteiger partial charge is 0.315 e. The van der Waals surface area contributed by atoms with Gasteiger partial charge < -0.3 is 94.1 Å². The number of hydrogen-bond acceptors (Lipinski definition) is 13. The molecule has 0 aliphatic heterocycles. The zero-order valence-corrected chi connectivity index (χ0v) is 41.3. The third-order valence-electron chi connectivity index (χ3n) is 12.8. The number of amides is 8. The van der Waals surface area contributed by atoms with Crippen LogP contribution in [0.2, 0.25) is 0 Å². The average molecular weight is 944 g/mol. The molecule has 0 fully saturated rings. The van der Waals surface area contributed by atoms with E-state index < -0.39 is 22.2 Å². The second-order valence-corrected chi connectivity index (χ2v) is 18.3. The summed E-state index contributed by atoms with van der Waals surface area (Å²) in [5, 5.41) is 24.8. The van der Waals surface area contributed by atoms with Gasteiger partial charge in [0.2, 0.25) is 0 Å². The summed E-state index contributed by atoms with van der Waals surface area (Å²) < 4.78 is 0. The SMILES string of the molecule is CNC(=O)NC(CCCNC(=O)NC(CCCN)(CCCN)CCCN)(CCCNC(=O)NC(CCCN)(CCCN)CCCN)CCCNC(=O)NC(CCCN)(CCCN)CCCN. The number of carbonyl (C=O) groups excluding carboxylic acids is 4. The van der Waals surface area contributed by atoms with E-state index in [0.717, 1.165) is 116 Å². The summed E-state index contributed by atoms with van der Waals surface area (Å²) in [5.41, 5.74) is 50.8. The van der Waals surface area contributed by atoms with Gasteiger partial charge in [-0.2, -0.15) is 0 Å². The first-order valence-corrected chi connectivity index (χ1v) is 25.3. The van der Waals surface area contributed by atoms with Crippen molar-refractivity contribution in [3.05, 3.63) is 0 Å². The third-order valence-corrected chi connectivity index (χ3v) is 12.8. The first kappa shape index (κ1) is 62.7. The second kappa shape index (κ2) is 38.7. The standard InChI is InChI=1S/C45H101N17O4/c1-55-38(63)59-45(23-11-35-56-39(64)60-42(14-2-26-46,15-3-27-47)16-4-28-48,24-12-36-57-40(65)61-43(17-5-29-49,18-6-30-50)19-7-31-51)25-13-37-58-41(66)62-44(20-8-32-52,21-9-33-53)22-10-34-54/h2-37,46-54H2,1H3,(H2,55,59,63)(H2,56,60,64)(H2,57,61,65)(H2,58,62,66). The van der Waals surface area contributed by atoms with Gasteiger partial charge in [-0.25, -0.2) is 19.2 Å². The van der Waals surface area contributed by atoms with Gasteiger partial charge in [0.05, 0.1) is 0 Å². The molecule has 0 aromatic rings. The highest BCUT2D eigenvalue weighted by Crippen LogP contribution is 2.29. The molecule has 0 heterocycles. The Morgan fingerprint density at radius 1 is 0.288 bits per heavy atom. The monoisotopic (exact) mass is 944 g/mol. The molecule has 0 saturated heterocycles. The van der Waals surface area contributed by atoms with Crippen LogP contribution in [0.1, 0.15) is 154 Å². The number of carbonyl (C=O) groups is 4. The number of urea groups is 4. The number of nitrogens with two attached hydrogens (primary N) is 9. The summed E-state index contributed by atoms with van der Waals surface area (Å²) in [6.45, 7) is 5.62. The maximum atomic E-state index is 13.5. The lowest BCUT2D eigenvalue weighted by Crippen LogP contribution is -2.54. The minimum absolute atomic E-state index is 0.280. The van der Waals surface area contributed by atoms with Crippen LogP contribution in [0.5, 0.6) is 0 Å². The number of rotatable bonds is 43. The van der Waals surface area contributed by atoms with Crippen LogP contribution in [0.4, 0.5) is 19.2 Å². The van der Waals surface area contributed by atoms with Crippen LogP contribution in [0.15, 0.2) is 0 Å². The molecule has 0 aromatic heterocycles. The molecule has 66 heavy (non-hydrogen) atoms. The van der Waals surface area contributed by atoms with E-state index in [0.29, 0.717) is 117 Å². The molecule has 0 radical (unpaired) electrons. The highest BCUT2D eigenvalue weighted by Gasteiger charge is 2.34. The third kappa shape index (κ3) is 28.1. The zero-order valence-electron chi connectivity index (χ0n) is 41.3. The van der Waals surface area contributed by atoms with E-state index in [1.165, 1.54) is 0 Å². The minimum atomic E-state index is -0.748. The normalized spacial score (nSPS) is 12.1. The summed E-state index contributed by atoms with van der Waals surface area (Å²) in [6, 6.07) is -1.19. The molecule has 390 valence electrons. The van der Waals surface area contributed by atoms with Gasteiger partial charge >= 0.3 is 24.1 Å². The maximum absolute atomic E-state index is 13.5. The van der Waals surface area contributed by atoms with E-state index in [9.17, 15) is 19.2 Å². The van der Waals surface area contributed by atoms with Crippen LogP contribution in [-0.4, -0.2) is 132 Å². The van der Waals surface area contributed by atoms with Crippen molar-refractivity contribution >= 4 is 24.1 Å². The topological polar surface area (TPSA) is 399 Å². The van der Waals surface area contributed by atoms with Crippen molar-refractivity contribution in [2.24, 2.45) is 51.6 Å². The average Bonchev–Trinajstić information content (AvgIpc) is 3.31. The van der Waals surface area contributed by atoms with E-state index in [4.69, 9.17) is 51.6 Å². The molecule has 8 amide bonds. The van der Waals surface area contributed by atoms with Gasteiger partial charge in [-0.1, -0.05) is 0 Å². The second-order valence-electron chi connectivity index (χ2n) is 18.3. The van der Waals surface area contributed by atoms with Crippen LogP contribution in [0.3, 0.4) is 0 Å². The van der Waals surface area contributed by atoms with E-state index in [1.807, 2.05) is 0 Å². The van der Waals surface area contributed by atoms with Crippen LogP contribution >= 0.6 is 0 Å². The van der Waals surface area contributed by atoms with Crippen molar-refractivity contribution in [3.8, 4) is 0 Å². The molecular formula is C45H101N17O4. The molecular weight excluding hydrogens is 843 g/mol. The van der Waals surface area contributed by atoms with Crippen molar-refractivity contribution in [1.29, 1.82) is 0 Å². The molecule has 0 aliphatic carbocycles. The first-order chi connectivity index (χ1) is 31.8. The molecule has 0 bridgehead atoms. The van der Waals surface area contributed by atoms with Gasteiger partial charge in [-0.05, 0) is 213 Å². The summed E-state index contributed by atoms with van der Waals surface area (Å²) in [6.07, 6.45) is 16.5. The van der Waals surface area contributed by atoms with Crippen molar-refractivity contribution in [1.82, 2.24) is 42.5 Å². The molecule has 0 unspecified atom stereocenters. The maximum Gasteiger partial charge on any atom is 0.315 e. The Balaban J connectivity index is 6.30. The van der Waals surface area contributed by atoms with Crippen LogP contribution < -0.4 is 94.1 Å². The van der Waals surface area contributed by atoms with Crippen LogP contribution in [0.25, 0.3) is 0 Å². The summed E-state index contributed by atoms with van der Waals surface area (Å²) in [4.78, 5) is 53.6. The number of nitrogens with one attached hydrogen (secondary N) is 8. The van der Waals surface area contributed by atoms with E-state index in [2.05, 4.69) is 42.5 Å². The Kier molecular flexibility index (Phi) is 36.7.